The largest absolute Gasteiger partial charge is 0.348 e. The fourth-order valence-corrected chi connectivity index (χ4v) is 2.41. The summed E-state index contributed by atoms with van der Waals surface area (Å²) in [7, 11) is 0. The van der Waals surface area contributed by atoms with Crippen LogP contribution in [-0.4, -0.2) is 18.5 Å². The van der Waals surface area contributed by atoms with E-state index in [1.807, 2.05) is 37.3 Å². The zero-order chi connectivity index (χ0) is 11.5. The SMILES string of the molecule is C[C@@H](CN)NC(=O)c1cc2ccccc2s1. The second-order valence-electron chi connectivity index (χ2n) is 3.76. The van der Waals surface area contributed by atoms with Crippen LogP contribution in [0.3, 0.4) is 0 Å². The van der Waals surface area contributed by atoms with Crippen LogP contribution in [-0.2, 0) is 0 Å². The first-order valence-electron chi connectivity index (χ1n) is 5.20. The van der Waals surface area contributed by atoms with Crippen molar-refractivity contribution in [2.24, 2.45) is 5.73 Å². The smallest absolute Gasteiger partial charge is 0.261 e. The third kappa shape index (κ3) is 2.23. The standard InChI is InChI=1S/C12H14N2OS/c1-8(7-13)14-12(15)11-6-9-4-2-3-5-10(9)16-11/h2-6,8H,7,13H2,1H3,(H,14,15)/t8-/m0/s1. The minimum atomic E-state index is -0.0425. The molecular formula is C12H14N2OS. The summed E-state index contributed by atoms with van der Waals surface area (Å²) in [6, 6.07) is 9.90. The van der Waals surface area contributed by atoms with Crippen LogP contribution in [0.5, 0.6) is 0 Å². The van der Waals surface area contributed by atoms with E-state index in [4.69, 9.17) is 5.73 Å². The van der Waals surface area contributed by atoms with E-state index in [0.717, 1.165) is 15.0 Å². The lowest BCUT2D eigenvalue weighted by molar-refractivity contribution is 0.0945. The fraction of sp³-hybridized carbons (Fsp3) is 0.250. The van der Waals surface area contributed by atoms with E-state index in [1.165, 1.54) is 11.3 Å². The Hall–Kier alpha value is -1.39. The van der Waals surface area contributed by atoms with Crippen molar-refractivity contribution in [3.8, 4) is 0 Å². The number of carbonyl (C=O) groups excluding carboxylic acids is 1. The summed E-state index contributed by atoms with van der Waals surface area (Å²) in [4.78, 5) is 12.6. The molecule has 0 unspecified atom stereocenters. The van der Waals surface area contributed by atoms with Crippen molar-refractivity contribution in [1.82, 2.24) is 5.32 Å². The van der Waals surface area contributed by atoms with Gasteiger partial charge in [-0.1, -0.05) is 18.2 Å². The van der Waals surface area contributed by atoms with E-state index in [-0.39, 0.29) is 11.9 Å². The van der Waals surface area contributed by atoms with Gasteiger partial charge in [0.2, 0.25) is 0 Å². The van der Waals surface area contributed by atoms with E-state index in [0.29, 0.717) is 6.54 Å². The van der Waals surface area contributed by atoms with Crippen molar-refractivity contribution >= 4 is 27.3 Å². The van der Waals surface area contributed by atoms with Gasteiger partial charge in [-0.2, -0.15) is 0 Å². The first-order chi connectivity index (χ1) is 7.70. The fourth-order valence-electron chi connectivity index (χ4n) is 1.45. The summed E-state index contributed by atoms with van der Waals surface area (Å²) in [6.45, 7) is 2.35. The lowest BCUT2D eigenvalue weighted by Crippen LogP contribution is -2.37. The van der Waals surface area contributed by atoms with Crippen LogP contribution < -0.4 is 11.1 Å². The Bertz CT molecular complexity index is 473. The van der Waals surface area contributed by atoms with Crippen molar-refractivity contribution in [1.29, 1.82) is 0 Å². The number of hydrogen-bond acceptors (Lipinski definition) is 3. The maximum atomic E-state index is 11.8. The second-order valence-corrected chi connectivity index (χ2v) is 4.84. The highest BCUT2D eigenvalue weighted by molar-refractivity contribution is 7.20. The summed E-state index contributed by atoms with van der Waals surface area (Å²) in [5, 5.41) is 3.96. The molecule has 0 aliphatic carbocycles. The molecule has 0 bridgehead atoms. The summed E-state index contributed by atoms with van der Waals surface area (Å²) in [6.07, 6.45) is 0. The predicted octanol–water partition coefficient (Wildman–Crippen LogP) is 1.98. The molecule has 4 heteroatoms. The van der Waals surface area contributed by atoms with Crippen molar-refractivity contribution in [3.63, 3.8) is 0 Å². The van der Waals surface area contributed by atoms with Crippen molar-refractivity contribution in [2.45, 2.75) is 13.0 Å². The summed E-state index contributed by atoms with van der Waals surface area (Å²) >= 11 is 1.50. The van der Waals surface area contributed by atoms with Gasteiger partial charge in [0.15, 0.2) is 0 Å². The van der Waals surface area contributed by atoms with Crippen molar-refractivity contribution in [2.75, 3.05) is 6.54 Å². The molecule has 0 aliphatic rings. The van der Waals surface area contributed by atoms with E-state index in [1.54, 1.807) is 0 Å². The Balaban J connectivity index is 2.23. The molecule has 84 valence electrons. The third-order valence-corrected chi connectivity index (χ3v) is 3.50. The van der Waals surface area contributed by atoms with Gasteiger partial charge in [0.05, 0.1) is 4.88 Å². The Morgan fingerprint density at radius 2 is 2.25 bits per heavy atom. The highest BCUT2D eigenvalue weighted by Crippen LogP contribution is 2.24. The van der Waals surface area contributed by atoms with Crippen LogP contribution in [0.15, 0.2) is 30.3 Å². The number of fused-ring (bicyclic) bond motifs is 1. The van der Waals surface area contributed by atoms with Gasteiger partial charge >= 0.3 is 0 Å². The molecule has 1 atom stereocenters. The normalized spacial score (nSPS) is 12.6. The second kappa shape index (κ2) is 4.63. The lowest BCUT2D eigenvalue weighted by atomic mass is 10.2. The number of nitrogens with two attached hydrogens (primary N) is 1. The zero-order valence-electron chi connectivity index (χ0n) is 9.07. The molecule has 3 nitrogen and oxygen atoms in total. The lowest BCUT2D eigenvalue weighted by Gasteiger charge is -2.09. The molecule has 2 rings (SSSR count). The molecule has 0 spiro atoms. The van der Waals surface area contributed by atoms with Crippen LogP contribution in [0.2, 0.25) is 0 Å². The van der Waals surface area contributed by atoms with Gasteiger partial charge in [-0.15, -0.1) is 11.3 Å². The molecule has 0 radical (unpaired) electrons. The van der Waals surface area contributed by atoms with Crippen LogP contribution >= 0.6 is 11.3 Å². The van der Waals surface area contributed by atoms with Crippen molar-refractivity contribution in [3.05, 3.63) is 35.2 Å². The van der Waals surface area contributed by atoms with Crippen molar-refractivity contribution < 1.29 is 4.79 Å². The molecule has 1 heterocycles. The molecule has 1 aromatic heterocycles. The van der Waals surface area contributed by atoms with Gasteiger partial charge in [-0.05, 0) is 24.4 Å². The average molecular weight is 234 g/mol. The molecule has 0 saturated carbocycles. The van der Waals surface area contributed by atoms with E-state index < -0.39 is 0 Å². The number of amides is 1. The molecule has 1 amide bonds. The summed E-state index contributed by atoms with van der Waals surface area (Å²) in [5.74, 6) is -0.0425. The zero-order valence-corrected chi connectivity index (χ0v) is 9.88. The molecular weight excluding hydrogens is 220 g/mol. The highest BCUT2D eigenvalue weighted by atomic mass is 32.1. The maximum absolute atomic E-state index is 11.8. The maximum Gasteiger partial charge on any atom is 0.261 e. The number of hydrogen-bond donors (Lipinski definition) is 2. The number of rotatable bonds is 3. The topological polar surface area (TPSA) is 55.1 Å². The number of benzene rings is 1. The Morgan fingerprint density at radius 3 is 2.94 bits per heavy atom. The van der Waals surface area contributed by atoms with Gasteiger partial charge < -0.3 is 11.1 Å². The van der Waals surface area contributed by atoms with Gasteiger partial charge in [0, 0.05) is 17.3 Å². The van der Waals surface area contributed by atoms with Crippen LogP contribution in [0.25, 0.3) is 10.1 Å². The molecule has 0 aliphatic heterocycles. The van der Waals surface area contributed by atoms with E-state index in [2.05, 4.69) is 5.32 Å². The first kappa shape index (κ1) is 11.1. The number of thiophene rings is 1. The average Bonchev–Trinajstić information content (AvgIpc) is 2.72. The van der Waals surface area contributed by atoms with E-state index in [9.17, 15) is 4.79 Å². The van der Waals surface area contributed by atoms with Gasteiger partial charge in [-0.25, -0.2) is 0 Å². The quantitative estimate of drug-likeness (QED) is 0.853. The van der Waals surface area contributed by atoms with Crippen LogP contribution in [0.4, 0.5) is 0 Å². The highest BCUT2D eigenvalue weighted by Gasteiger charge is 2.11. The first-order valence-corrected chi connectivity index (χ1v) is 6.02. The monoisotopic (exact) mass is 234 g/mol. The summed E-state index contributed by atoms with van der Waals surface area (Å²) in [5.41, 5.74) is 5.46. The van der Waals surface area contributed by atoms with E-state index >= 15 is 0 Å². The predicted molar refractivity (Wildman–Crippen MR) is 67.8 cm³/mol. The number of carbonyl (C=O) groups is 1. The van der Waals surface area contributed by atoms with Crippen LogP contribution in [0.1, 0.15) is 16.6 Å². The molecule has 0 saturated heterocycles. The third-order valence-electron chi connectivity index (χ3n) is 2.38. The summed E-state index contributed by atoms with van der Waals surface area (Å²) < 4.78 is 1.13. The Morgan fingerprint density at radius 1 is 1.50 bits per heavy atom. The van der Waals surface area contributed by atoms with Gasteiger partial charge in [-0.3, -0.25) is 4.79 Å². The molecule has 2 aromatic rings. The van der Waals surface area contributed by atoms with Gasteiger partial charge in [0.1, 0.15) is 0 Å². The Kier molecular flexibility index (Phi) is 3.22. The molecule has 3 N–H and O–H groups in total. The Labute approximate surface area is 98.3 Å². The minimum Gasteiger partial charge on any atom is -0.348 e. The van der Waals surface area contributed by atoms with Crippen LogP contribution in [0, 0.1) is 0 Å². The minimum absolute atomic E-state index is 0.0118. The molecule has 0 fully saturated rings. The number of nitrogens with one attached hydrogen (secondary N) is 1. The van der Waals surface area contributed by atoms with Gasteiger partial charge in [0.25, 0.3) is 5.91 Å². The molecule has 1 aromatic carbocycles. The molecule has 16 heavy (non-hydrogen) atoms.